The van der Waals surface area contributed by atoms with Crippen LogP contribution in [0.1, 0.15) is 54.4 Å². The lowest BCUT2D eigenvalue weighted by molar-refractivity contribution is 0.0950. The molecule has 15 heavy (non-hydrogen) atoms. The van der Waals surface area contributed by atoms with Crippen molar-refractivity contribution in [1.82, 2.24) is 0 Å². The minimum Gasteiger partial charge on any atom is -0.294 e. The molecule has 0 saturated heterocycles. The third kappa shape index (κ3) is 2.69. The van der Waals surface area contributed by atoms with Gasteiger partial charge in [0.05, 0.1) is 0 Å². The van der Waals surface area contributed by atoms with Crippen molar-refractivity contribution in [2.45, 2.75) is 45.4 Å². The zero-order valence-electron chi connectivity index (χ0n) is 9.29. The summed E-state index contributed by atoms with van der Waals surface area (Å²) in [7, 11) is 0. The van der Waals surface area contributed by atoms with E-state index in [0.717, 1.165) is 17.5 Å². The first-order valence-electron chi connectivity index (χ1n) is 5.83. The quantitative estimate of drug-likeness (QED) is 0.700. The number of ketones is 1. The average molecular weight is 222 g/mol. The normalized spacial score (nSPS) is 17.9. The Balaban J connectivity index is 1.94. The van der Waals surface area contributed by atoms with Gasteiger partial charge in [-0.2, -0.15) is 11.3 Å². The number of hydrogen-bond donors (Lipinski definition) is 0. The topological polar surface area (TPSA) is 17.1 Å². The molecule has 0 aliphatic heterocycles. The van der Waals surface area contributed by atoms with E-state index in [2.05, 4.69) is 5.38 Å². The van der Waals surface area contributed by atoms with Gasteiger partial charge in [0.2, 0.25) is 0 Å². The molecule has 0 amide bonds. The monoisotopic (exact) mass is 222 g/mol. The van der Waals surface area contributed by atoms with Crippen LogP contribution in [0, 0.1) is 12.8 Å². The molecule has 0 bridgehead atoms. The second-order valence-electron chi connectivity index (χ2n) is 4.60. The first-order valence-corrected chi connectivity index (χ1v) is 6.77. The maximum Gasteiger partial charge on any atom is 0.164 e. The van der Waals surface area contributed by atoms with Crippen LogP contribution in [0.3, 0.4) is 0 Å². The van der Waals surface area contributed by atoms with Crippen molar-refractivity contribution in [3.63, 3.8) is 0 Å². The van der Waals surface area contributed by atoms with Crippen LogP contribution in [-0.4, -0.2) is 5.78 Å². The van der Waals surface area contributed by atoms with Gasteiger partial charge in [0.25, 0.3) is 0 Å². The van der Waals surface area contributed by atoms with Crippen molar-refractivity contribution in [3.8, 4) is 0 Å². The number of carbonyl (C=O) groups is 1. The molecule has 1 aliphatic rings. The van der Waals surface area contributed by atoms with E-state index in [4.69, 9.17) is 0 Å². The first kappa shape index (κ1) is 10.9. The van der Waals surface area contributed by atoms with Gasteiger partial charge in [0.15, 0.2) is 5.78 Å². The number of rotatable bonds is 3. The molecule has 0 N–H and O–H groups in total. The lowest BCUT2D eigenvalue weighted by atomic mass is 9.85. The first-order chi connectivity index (χ1) is 7.27. The van der Waals surface area contributed by atoms with E-state index in [-0.39, 0.29) is 0 Å². The number of Topliss-reactive ketones (excluding diaryl/α,β-unsaturated/α-hetero) is 1. The highest BCUT2D eigenvalue weighted by molar-refractivity contribution is 7.08. The Labute approximate surface area is 95.5 Å². The number of hydrogen-bond acceptors (Lipinski definition) is 2. The molecule has 0 atom stereocenters. The Morgan fingerprint density at radius 3 is 2.67 bits per heavy atom. The van der Waals surface area contributed by atoms with Gasteiger partial charge < -0.3 is 0 Å². The summed E-state index contributed by atoms with van der Waals surface area (Å²) in [6, 6.07) is 0. The predicted molar refractivity (Wildman–Crippen MR) is 64.6 cm³/mol. The Hall–Kier alpha value is -0.630. The third-order valence-corrected chi connectivity index (χ3v) is 4.22. The fourth-order valence-electron chi connectivity index (χ4n) is 2.41. The van der Waals surface area contributed by atoms with Crippen LogP contribution in [0.4, 0.5) is 0 Å². The molecule has 2 rings (SSSR count). The Kier molecular flexibility index (Phi) is 3.57. The highest BCUT2D eigenvalue weighted by atomic mass is 32.1. The lowest BCUT2D eigenvalue weighted by Crippen LogP contribution is -2.12. The van der Waals surface area contributed by atoms with Gasteiger partial charge in [0.1, 0.15) is 0 Å². The third-order valence-electron chi connectivity index (χ3n) is 3.35. The minimum absolute atomic E-state index is 0.362. The minimum atomic E-state index is 0.362. The highest BCUT2D eigenvalue weighted by Gasteiger charge is 2.19. The van der Waals surface area contributed by atoms with Crippen LogP contribution in [0.25, 0.3) is 0 Å². The Morgan fingerprint density at radius 2 is 2.07 bits per heavy atom. The molecular formula is C13H18OS. The molecule has 1 aromatic heterocycles. The van der Waals surface area contributed by atoms with Gasteiger partial charge in [-0.05, 0) is 23.8 Å². The van der Waals surface area contributed by atoms with E-state index in [0.29, 0.717) is 11.7 Å². The maximum absolute atomic E-state index is 12.0. The molecule has 0 aromatic carbocycles. The van der Waals surface area contributed by atoms with E-state index in [1.807, 2.05) is 12.3 Å². The van der Waals surface area contributed by atoms with Crippen LogP contribution in [0.5, 0.6) is 0 Å². The summed E-state index contributed by atoms with van der Waals surface area (Å²) in [5.41, 5.74) is 2.12. The van der Waals surface area contributed by atoms with Crippen LogP contribution < -0.4 is 0 Å². The van der Waals surface area contributed by atoms with E-state index >= 15 is 0 Å². The molecular weight excluding hydrogens is 204 g/mol. The van der Waals surface area contributed by atoms with Gasteiger partial charge in [-0.25, -0.2) is 0 Å². The molecule has 0 spiro atoms. The van der Waals surface area contributed by atoms with Crippen LogP contribution in [0.2, 0.25) is 0 Å². The SMILES string of the molecule is Cc1cscc1C(=O)CC1CCCCC1. The largest absolute Gasteiger partial charge is 0.294 e. The average Bonchev–Trinajstić information content (AvgIpc) is 2.66. The Bertz CT molecular complexity index is 334. The van der Waals surface area contributed by atoms with Gasteiger partial charge in [-0.3, -0.25) is 4.79 Å². The van der Waals surface area contributed by atoms with Crippen molar-refractivity contribution in [2.75, 3.05) is 0 Å². The summed E-state index contributed by atoms with van der Waals surface area (Å²) < 4.78 is 0. The van der Waals surface area contributed by atoms with Crippen molar-refractivity contribution in [2.24, 2.45) is 5.92 Å². The van der Waals surface area contributed by atoms with Crippen LogP contribution >= 0.6 is 11.3 Å². The van der Waals surface area contributed by atoms with Gasteiger partial charge in [-0.15, -0.1) is 0 Å². The van der Waals surface area contributed by atoms with E-state index < -0.39 is 0 Å². The summed E-state index contributed by atoms with van der Waals surface area (Å²) in [4.78, 5) is 12.0. The van der Waals surface area contributed by atoms with E-state index in [9.17, 15) is 4.79 Å². The summed E-state index contributed by atoms with van der Waals surface area (Å²) >= 11 is 1.64. The van der Waals surface area contributed by atoms with E-state index in [1.165, 1.54) is 32.1 Å². The number of carbonyl (C=O) groups excluding carboxylic acids is 1. The molecule has 1 heterocycles. The van der Waals surface area contributed by atoms with Crippen molar-refractivity contribution >= 4 is 17.1 Å². The second-order valence-corrected chi connectivity index (χ2v) is 5.34. The zero-order chi connectivity index (χ0) is 10.7. The summed E-state index contributed by atoms with van der Waals surface area (Å²) in [5.74, 6) is 1.02. The van der Waals surface area contributed by atoms with Gasteiger partial charge >= 0.3 is 0 Å². The van der Waals surface area contributed by atoms with Gasteiger partial charge in [-0.1, -0.05) is 32.1 Å². The predicted octanol–water partition coefficient (Wildman–Crippen LogP) is 4.21. The molecule has 1 aliphatic carbocycles. The molecule has 0 radical (unpaired) electrons. The number of aryl methyl sites for hydroxylation is 1. The number of thiophene rings is 1. The molecule has 0 unspecified atom stereocenters. The molecule has 1 nitrogen and oxygen atoms in total. The van der Waals surface area contributed by atoms with Gasteiger partial charge in [0, 0.05) is 17.4 Å². The highest BCUT2D eigenvalue weighted by Crippen LogP contribution is 2.28. The fraction of sp³-hybridized carbons (Fsp3) is 0.615. The standard InChI is InChI=1S/C13H18OS/c1-10-8-15-9-12(10)13(14)7-11-5-3-2-4-6-11/h8-9,11H,2-7H2,1H3. The summed E-state index contributed by atoms with van der Waals surface area (Å²) in [6.07, 6.45) is 7.30. The van der Waals surface area contributed by atoms with E-state index in [1.54, 1.807) is 11.3 Å². The summed E-state index contributed by atoms with van der Waals surface area (Å²) in [6.45, 7) is 2.03. The summed E-state index contributed by atoms with van der Waals surface area (Å²) in [5, 5.41) is 4.06. The smallest absolute Gasteiger partial charge is 0.164 e. The lowest BCUT2D eigenvalue weighted by Gasteiger charge is -2.20. The maximum atomic E-state index is 12.0. The Morgan fingerprint density at radius 1 is 1.33 bits per heavy atom. The fourth-order valence-corrected chi connectivity index (χ4v) is 3.26. The molecule has 1 aromatic rings. The van der Waals surface area contributed by atoms with Crippen molar-refractivity contribution in [3.05, 3.63) is 21.9 Å². The van der Waals surface area contributed by atoms with Crippen LogP contribution in [0.15, 0.2) is 10.8 Å². The second kappa shape index (κ2) is 4.93. The molecule has 1 saturated carbocycles. The molecule has 82 valence electrons. The van der Waals surface area contributed by atoms with Crippen LogP contribution in [-0.2, 0) is 0 Å². The molecule has 2 heteroatoms. The van der Waals surface area contributed by atoms with Crippen molar-refractivity contribution in [1.29, 1.82) is 0 Å². The van der Waals surface area contributed by atoms with Crippen molar-refractivity contribution < 1.29 is 4.79 Å². The zero-order valence-corrected chi connectivity index (χ0v) is 10.1. The molecule has 1 fully saturated rings.